The van der Waals surface area contributed by atoms with Gasteiger partial charge in [0, 0.05) is 12.8 Å². The summed E-state index contributed by atoms with van der Waals surface area (Å²) in [6.45, 7) is 4.77. The second kappa shape index (κ2) is 42.8. The van der Waals surface area contributed by atoms with E-state index in [4.69, 9.17) is 4.74 Å². The number of esters is 1. The van der Waals surface area contributed by atoms with Crippen LogP contribution < -0.4 is 5.32 Å². The normalized spacial score (nSPS) is 13.1. The van der Waals surface area contributed by atoms with Gasteiger partial charge in [0.1, 0.15) is 0 Å². The van der Waals surface area contributed by atoms with E-state index in [1.165, 1.54) is 128 Å². The van der Waals surface area contributed by atoms with E-state index in [2.05, 4.69) is 43.5 Å². The summed E-state index contributed by atoms with van der Waals surface area (Å²) < 4.78 is 5.42. The van der Waals surface area contributed by atoms with E-state index < -0.39 is 12.1 Å². The number of nitrogens with one attached hydrogen (secondary N) is 1. The van der Waals surface area contributed by atoms with E-state index >= 15 is 0 Å². The number of hydrogen-bond acceptors (Lipinski definition) is 5. The summed E-state index contributed by atoms with van der Waals surface area (Å²) in [5.41, 5.74) is 0. The average molecular weight is 746 g/mol. The minimum Gasteiger partial charge on any atom is -0.466 e. The highest BCUT2D eigenvalue weighted by atomic mass is 16.5. The standard InChI is InChI=1S/C47H87NO5/c1-3-5-7-9-11-13-15-17-18-19-21-25-29-33-37-41-47(52)53-42-38-34-30-26-22-24-28-32-36-40-46(51)48-44(43-49)45(50)39-35-31-27-23-20-16-14-12-10-8-6-4-2/h17-18,24,28,35,39,44-45,49-50H,3-16,19-23,25-27,29-34,36-38,40-43H2,1-2H3,(H,48,51)/b18-17-,28-24-,39-35+. The lowest BCUT2D eigenvalue weighted by Gasteiger charge is -2.19. The number of unbranched alkanes of at least 4 members (excludes halogenated alkanes) is 26. The van der Waals surface area contributed by atoms with Crippen LogP contribution in [-0.4, -0.2) is 47.4 Å². The molecule has 0 aromatic heterocycles. The lowest BCUT2D eigenvalue weighted by molar-refractivity contribution is -0.143. The summed E-state index contributed by atoms with van der Waals surface area (Å²) >= 11 is 0. The van der Waals surface area contributed by atoms with Crippen molar-refractivity contribution in [3.8, 4) is 0 Å². The maximum Gasteiger partial charge on any atom is 0.305 e. The van der Waals surface area contributed by atoms with Crippen LogP contribution in [0.15, 0.2) is 36.5 Å². The van der Waals surface area contributed by atoms with Crippen molar-refractivity contribution in [1.29, 1.82) is 0 Å². The lowest BCUT2D eigenvalue weighted by atomic mass is 10.1. The van der Waals surface area contributed by atoms with Crippen molar-refractivity contribution in [3.05, 3.63) is 36.5 Å². The average Bonchev–Trinajstić information content (AvgIpc) is 3.16. The fraction of sp³-hybridized carbons (Fsp3) is 0.830. The predicted molar refractivity (Wildman–Crippen MR) is 227 cm³/mol. The van der Waals surface area contributed by atoms with Crippen LogP contribution in [0.1, 0.15) is 226 Å². The number of carbonyl (C=O) groups is 2. The number of ether oxygens (including phenoxy) is 1. The molecular weight excluding hydrogens is 659 g/mol. The minimum atomic E-state index is -0.874. The van der Waals surface area contributed by atoms with Crippen molar-refractivity contribution in [2.24, 2.45) is 0 Å². The van der Waals surface area contributed by atoms with Gasteiger partial charge in [0.2, 0.25) is 5.91 Å². The fourth-order valence-electron chi connectivity index (χ4n) is 6.57. The van der Waals surface area contributed by atoms with Gasteiger partial charge in [0.15, 0.2) is 0 Å². The first kappa shape index (κ1) is 51.1. The number of amides is 1. The Hall–Kier alpha value is -1.92. The molecule has 0 spiro atoms. The Labute approximate surface area is 328 Å². The van der Waals surface area contributed by atoms with Gasteiger partial charge in [-0.15, -0.1) is 0 Å². The number of allylic oxidation sites excluding steroid dienone is 5. The Morgan fingerprint density at radius 2 is 0.906 bits per heavy atom. The zero-order valence-corrected chi connectivity index (χ0v) is 35.0. The molecule has 3 N–H and O–H groups in total. The Morgan fingerprint density at radius 1 is 0.509 bits per heavy atom. The topological polar surface area (TPSA) is 95.9 Å². The zero-order valence-electron chi connectivity index (χ0n) is 35.0. The van der Waals surface area contributed by atoms with E-state index in [-0.39, 0.29) is 18.5 Å². The highest BCUT2D eigenvalue weighted by Crippen LogP contribution is 2.13. The number of carbonyl (C=O) groups excluding carboxylic acids is 2. The molecule has 1 amide bonds. The van der Waals surface area contributed by atoms with Gasteiger partial charge in [-0.3, -0.25) is 9.59 Å². The molecule has 53 heavy (non-hydrogen) atoms. The Morgan fingerprint density at radius 3 is 1.38 bits per heavy atom. The number of aliphatic hydroxyl groups excluding tert-OH is 2. The Balaban J connectivity index is 3.60. The highest BCUT2D eigenvalue weighted by molar-refractivity contribution is 5.76. The SMILES string of the molecule is CCCCCCCC/C=C\CCCCCCCC(=O)OCCCCCC/C=C\CCCC(=O)NC(CO)C(O)/C=C/CCCCCCCCCCCC. The molecule has 0 aliphatic rings. The molecule has 0 aromatic carbocycles. The maximum absolute atomic E-state index is 12.3. The molecule has 6 nitrogen and oxygen atoms in total. The van der Waals surface area contributed by atoms with E-state index in [1.807, 2.05) is 6.08 Å². The Kier molecular flexibility index (Phi) is 41.3. The van der Waals surface area contributed by atoms with Gasteiger partial charge in [-0.05, 0) is 77.0 Å². The first-order valence-electron chi connectivity index (χ1n) is 22.8. The minimum absolute atomic E-state index is 0.0473. The van der Waals surface area contributed by atoms with E-state index in [0.29, 0.717) is 19.4 Å². The second-order valence-corrected chi connectivity index (χ2v) is 15.4. The molecule has 0 saturated carbocycles. The van der Waals surface area contributed by atoms with Crippen LogP contribution in [0.3, 0.4) is 0 Å². The summed E-state index contributed by atoms with van der Waals surface area (Å²) in [5.74, 6) is -0.179. The molecule has 0 heterocycles. The van der Waals surface area contributed by atoms with Crippen molar-refractivity contribution in [2.75, 3.05) is 13.2 Å². The van der Waals surface area contributed by atoms with Crippen molar-refractivity contribution < 1.29 is 24.5 Å². The summed E-state index contributed by atoms with van der Waals surface area (Å²) in [6, 6.07) is -0.664. The van der Waals surface area contributed by atoms with Gasteiger partial charge in [-0.1, -0.05) is 172 Å². The molecule has 0 radical (unpaired) electrons. The van der Waals surface area contributed by atoms with Crippen LogP contribution in [0.25, 0.3) is 0 Å². The monoisotopic (exact) mass is 746 g/mol. The van der Waals surface area contributed by atoms with Crippen LogP contribution in [-0.2, 0) is 14.3 Å². The quantitative estimate of drug-likeness (QED) is 0.0329. The molecule has 0 rings (SSSR count). The smallest absolute Gasteiger partial charge is 0.305 e. The molecule has 0 aliphatic heterocycles. The molecule has 0 aliphatic carbocycles. The summed E-state index contributed by atoms with van der Waals surface area (Å²) in [5, 5.41) is 22.9. The summed E-state index contributed by atoms with van der Waals surface area (Å²) in [6.07, 6.45) is 49.9. The predicted octanol–water partition coefficient (Wildman–Crippen LogP) is 12.9. The van der Waals surface area contributed by atoms with Crippen molar-refractivity contribution in [2.45, 2.75) is 238 Å². The van der Waals surface area contributed by atoms with E-state index in [1.54, 1.807) is 6.08 Å². The van der Waals surface area contributed by atoms with Crippen molar-refractivity contribution in [1.82, 2.24) is 5.32 Å². The maximum atomic E-state index is 12.3. The van der Waals surface area contributed by atoms with Crippen LogP contribution in [0.4, 0.5) is 0 Å². The van der Waals surface area contributed by atoms with E-state index in [0.717, 1.165) is 70.6 Å². The first-order chi connectivity index (χ1) is 26.0. The fourth-order valence-corrected chi connectivity index (χ4v) is 6.57. The van der Waals surface area contributed by atoms with Gasteiger partial charge in [-0.2, -0.15) is 0 Å². The van der Waals surface area contributed by atoms with Gasteiger partial charge in [0.25, 0.3) is 0 Å². The van der Waals surface area contributed by atoms with Crippen LogP contribution >= 0.6 is 0 Å². The third-order valence-electron chi connectivity index (χ3n) is 10.1. The molecule has 310 valence electrons. The molecule has 2 atom stereocenters. The lowest BCUT2D eigenvalue weighted by Crippen LogP contribution is -2.45. The van der Waals surface area contributed by atoms with Crippen LogP contribution in [0.5, 0.6) is 0 Å². The third-order valence-corrected chi connectivity index (χ3v) is 10.1. The van der Waals surface area contributed by atoms with Gasteiger partial charge in [0.05, 0.1) is 25.4 Å². The molecule has 0 fully saturated rings. The van der Waals surface area contributed by atoms with Gasteiger partial charge in [-0.25, -0.2) is 0 Å². The third kappa shape index (κ3) is 39.6. The number of aliphatic hydroxyl groups is 2. The summed E-state index contributed by atoms with van der Waals surface area (Å²) in [4.78, 5) is 24.3. The highest BCUT2D eigenvalue weighted by Gasteiger charge is 2.17. The van der Waals surface area contributed by atoms with Crippen molar-refractivity contribution in [3.63, 3.8) is 0 Å². The van der Waals surface area contributed by atoms with Crippen LogP contribution in [0.2, 0.25) is 0 Å². The van der Waals surface area contributed by atoms with E-state index in [9.17, 15) is 19.8 Å². The zero-order chi connectivity index (χ0) is 38.7. The number of rotatable bonds is 41. The summed E-state index contributed by atoms with van der Waals surface area (Å²) in [7, 11) is 0. The van der Waals surface area contributed by atoms with Crippen LogP contribution in [0, 0.1) is 0 Å². The molecular formula is C47H87NO5. The Bertz CT molecular complexity index is 869. The molecule has 0 bridgehead atoms. The molecule has 0 aromatic rings. The molecule has 6 heteroatoms. The number of hydrogen-bond donors (Lipinski definition) is 3. The van der Waals surface area contributed by atoms with Gasteiger partial charge < -0.3 is 20.3 Å². The van der Waals surface area contributed by atoms with Gasteiger partial charge >= 0.3 is 5.97 Å². The largest absolute Gasteiger partial charge is 0.466 e. The molecule has 2 unspecified atom stereocenters. The van der Waals surface area contributed by atoms with Crippen molar-refractivity contribution >= 4 is 11.9 Å². The first-order valence-corrected chi connectivity index (χ1v) is 22.8. The second-order valence-electron chi connectivity index (χ2n) is 15.4. The molecule has 0 saturated heterocycles.